The topological polar surface area (TPSA) is 45.2 Å². The van der Waals surface area contributed by atoms with Crippen molar-refractivity contribution in [1.29, 1.82) is 0 Å². The fourth-order valence-electron chi connectivity index (χ4n) is 2.85. The molecule has 3 aromatic rings. The Bertz CT molecular complexity index is 793. The van der Waals surface area contributed by atoms with E-state index in [1.165, 1.54) is 0 Å². The van der Waals surface area contributed by atoms with Gasteiger partial charge in [0.15, 0.2) is 0 Å². The van der Waals surface area contributed by atoms with Gasteiger partial charge in [0.05, 0.1) is 13.2 Å². The molecule has 145 valence electrons. The molecule has 4 rings (SSSR count). The average molecular weight is 414 g/mol. The van der Waals surface area contributed by atoms with Crippen molar-refractivity contribution in [3.8, 4) is 0 Å². The van der Waals surface area contributed by atoms with Crippen molar-refractivity contribution in [3.63, 3.8) is 0 Å². The molecule has 1 radical (unpaired) electrons. The van der Waals surface area contributed by atoms with E-state index >= 15 is 0 Å². The number of H-pyrrole nitrogens is 1. The quantitative estimate of drug-likeness (QED) is 0.571. The first-order valence-electron chi connectivity index (χ1n) is 8.99. The van der Waals surface area contributed by atoms with Crippen molar-refractivity contribution in [3.05, 3.63) is 127 Å². The molecule has 1 aliphatic rings. The van der Waals surface area contributed by atoms with E-state index in [0.717, 1.165) is 16.8 Å². The number of rotatable bonds is 6. The Balaban J connectivity index is 0.000000408. The third-order valence-electron chi connectivity index (χ3n) is 4.29. The Hall–Kier alpha value is -2.36. The Morgan fingerprint density at radius 3 is 1.75 bits per heavy atom. The molecule has 1 aliphatic carbocycles. The van der Waals surface area contributed by atoms with Crippen molar-refractivity contribution in [2.24, 2.45) is 0 Å². The summed E-state index contributed by atoms with van der Waals surface area (Å²) in [5.41, 5.74) is 1.48. The predicted molar refractivity (Wildman–Crippen MR) is 109 cm³/mol. The minimum atomic E-state index is -1.16. The zero-order valence-electron chi connectivity index (χ0n) is 15.5. The van der Waals surface area contributed by atoms with Gasteiger partial charge in [0.2, 0.25) is 0 Å². The van der Waals surface area contributed by atoms with E-state index in [2.05, 4.69) is 4.98 Å². The number of hydrogen-bond acceptors (Lipinski definition) is 2. The fraction of sp³-hybridized carbons (Fsp3) is 0.125. The summed E-state index contributed by atoms with van der Waals surface area (Å²) in [6.45, 7) is 0.634. The van der Waals surface area contributed by atoms with Gasteiger partial charge in [-0.15, -0.1) is 0 Å². The first kappa shape index (κ1) is 21.9. The van der Waals surface area contributed by atoms with E-state index in [0.29, 0.717) is 6.61 Å². The van der Waals surface area contributed by atoms with E-state index in [1.54, 1.807) is 0 Å². The molecule has 0 aliphatic heterocycles. The van der Waals surface area contributed by atoms with Crippen molar-refractivity contribution in [2.45, 2.75) is 12.2 Å². The summed E-state index contributed by atoms with van der Waals surface area (Å²) in [4.78, 5) is 3.10. The van der Waals surface area contributed by atoms with Gasteiger partial charge in [0, 0.05) is 35.4 Å². The van der Waals surface area contributed by atoms with E-state index < -0.39 is 5.60 Å². The second kappa shape index (κ2) is 11.5. The summed E-state index contributed by atoms with van der Waals surface area (Å²) in [6, 6.07) is 23.2. The van der Waals surface area contributed by atoms with Gasteiger partial charge >= 0.3 is 0 Å². The predicted octanol–water partition coefficient (Wildman–Crippen LogP) is 4.78. The Kier molecular flexibility index (Phi) is 8.99. The number of aromatic amines is 1. The second-order valence-corrected chi connectivity index (χ2v) is 6.24. The summed E-state index contributed by atoms with van der Waals surface area (Å²) in [5.74, 6) is 0. The first-order chi connectivity index (χ1) is 13.3. The van der Waals surface area contributed by atoms with Crippen molar-refractivity contribution in [2.75, 3.05) is 6.61 Å². The van der Waals surface area contributed by atoms with Gasteiger partial charge in [-0.2, -0.15) is 0 Å². The summed E-state index contributed by atoms with van der Waals surface area (Å²) >= 11 is 0. The molecule has 0 saturated carbocycles. The van der Waals surface area contributed by atoms with Crippen LogP contribution in [0.5, 0.6) is 0 Å². The second-order valence-electron chi connectivity index (χ2n) is 6.24. The number of benzene rings is 2. The van der Waals surface area contributed by atoms with Crippen molar-refractivity contribution >= 4 is 0 Å². The SMILES string of the molecule is OC(COCc1ccc[nH]1)(c1ccccc1)c1ccccc1.[CH]1C=CC=C1.[Fe]. The smallest absolute Gasteiger partial charge is 0.138 e. The third kappa shape index (κ3) is 6.08. The van der Waals surface area contributed by atoms with Crippen LogP contribution in [-0.2, 0) is 34.0 Å². The molecule has 3 nitrogen and oxygen atoms in total. The van der Waals surface area contributed by atoms with Crippen LogP contribution < -0.4 is 0 Å². The monoisotopic (exact) mass is 414 g/mol. The van der Waals surface area contributed by atoms with E-state index in [1.807, 2.05) is 110 Å². The molecule has 0 fully saturated rings. The molecule has 1 heterocycles. The van der Waals surface area contributed by atoms with Gasteiger partial charge < -0.3 is 14.8 Å². The molecule has 0 bridgehead atoms. The molecule has 2 aromatic carbocycles. The minimum absolute atomic E-state index is 0. The molecule has 0 atom stereocenters. The van der Waals surface area contributed by atoms with Gasteiger partial charge in [-0.25, -0.2) is 0 Å². The largest absolute Gasteiger partial charge is 0.378 e. The summed E-state index contributed by atoms with van der Waals surface area (Å²) in [7, 11) is 0. The van der Waals surface area contributed by atoms with E-state index in [4.69, 9.17) is 4.74 Å². The summed E-state index contributed by atoms with van der Waals surface area (Å²) in [6.07, 6.45) is 11.9. The first-order valence-corrected chi connectivity index (χ1v) is 8.99. The molecule has 2 N–H and O–H groups in total. The van der Waals surface area contributed by atoms with Crippen LogP contribution in [0.25, 0.3) is 0 Å². The van der Waals surface area contributed by atoms with Crippen LogP contribution in [-0.4, -0.2) is 16.7 Å². The van der Waals surface area contributed by atoms with Crippen molar-refractivity contribution in [1.82, 2.24) is 4.98 Å². The number of aliphatic hydroxyl groups is 1. The van der Waals surface area contributed by atoms with Crippen LogP contribution in [0.1, 0.15) is 16.8 Å². The van der Waals surface area contributed by atoms with Crippen LogP contribution in [0.2, 0.25) is 0 Å². The maximum Gasteiger partial charge on any atom is 0.138 e. The number of ether oxygens (including phenoxy) is 1. The molecule has 4 heteroatoms. The molecule has 0 unspecified atom stereocenters. The maximum absolute atomic E-state index is 11.2. The van der Waals surface area contributed by atoms with E-state index in [-0.39, 0.29) is 23.7 Å². The summed E-state index contributed by atoms with van der Waals surface area (Å²) < 4.78 is 5.77. The molecule has 0 saturated heterocycles. The number of hydrogen-bond donors (Lipinski definition) is 2. The van der Waals surface area contributed by atoms with E-state index in [9.17, 15) is 5.11 Å². The number of nitrogens with one attached hydrogen (secondary N) is 1. The minimum Gasteiger partial charge on any atom is -0.378 e. The van der Waals surface area contributed by atoms with Gasteiger partial charge in [-0.05, 0) is 23.3 Å². The Morgan fingerprint density at radius 1 is 0.750 bits per heavy atom. The number of allylic oxidation sites excluding steroid dienone is 4. The van der Waals surface area contributed by atoms with Crippen LogP contribution in [0.4, 0.5) is 0 Å². The van der Waals surface area contributed by atoms with Gasteiger partial charge in [-0.1, -0.05) is 85.0 Å². The van der Waals surface area contributed by atoms with Crippen LogP contribution in [0.3, 0.4) is 0 Å². The molecular formula is C24H24FeNO2. The number of aromatic nitrogens is 1. The molecule has 0 spiro atoms. The van der Waals surface area contributed by atoms with Crippen LogP contribution >= 0.6 is 0 Å². The Morgan fingerprint density at radius 2 is 1.32 bits per heavy atom. The normalized spacial score (nSPS) is 12.2. The Labute approximate surface area is 177 Å². The van der Waals surface area contributed by atoms with Gasteiger partial charge in [0.1, 0.15) is 5.60 Å². The molecule has 1 aromatic heterocycles. The molecular weight excluding hydrogens is 390 g/mol. The average Bonchev–Trinajstić information content (AvgIpc) is 3.46. The standard InChI is InChI=1S/C19H19NO2.C5H5.Fe/c21-19(16-8-3-1-4-9-16,17-10-5-2-6-11-17)15-22-14-18-12-7-13-20-18;1-2-4-5-3-1;/h1-13,20-21H,14-15H2;1-5H;. The maximum atomic E-state index is 11.2. The van der Waals surface area contributed by atoms with Crippen LogP contribution in [0.15, 0.2) is 103 Å². The van der Waals surface area contributed by atoms with Crippen molar-refractivity contribution < 1.29 is 26.9 Å². The van der Waals surface area contributed by atoms with Gasteiger partial charge in [0.25, 0.3) is 0 Å². The fourth-order valence-corrected chi connectivity index (χ4v) is 2.85. The zero-order chi connectivity index (χ0) is 18.8. The van der Waals surface area contributed by atoms with Gasteiger partial charge in [-0.3, -0.25) is 0 Å². The zero-order valence-corrected chi connectivity index (χ0v) is 16.6. The molecule has 28 heavy (non-hydrogen) atoms. The summed E-state index contributed by atoms with van der Waals surface area (Å²) in [5, 5.41) is 11.2. The third-order valence-corrected chi connectivity index (χ3v) is 4.29. The van der Waals surface area contributed by atoms with Crippen LogP contribution in [0, 0.1) is 6.42 Å². The molecule has 0 amide bonds.